The molecule has 0 unspecified atom stereocenters. The van der Waals surface area contributed by atoms with E-state index < -0.39 is 5.97 Å². The van der Waals surface area contributed by atoms with Gasteiger partial charge in [-0.05, 0) is 35.4 Å². The number of nitrogens with zero attached hydrogens (tertiary/aromatic N) is 2. The molecular formula is C25H22N2O3. The Bertz CT molecular complexity index is 1320. The molecule has 1 aliphatic rings. The topological polar surface area (TPSA) is 62.5 Å². The number of aryl methyl sites for hydroxylation is 1. The van der Waals surface area contributed by atoms with Crippen LogP contribution in [-0.2, 0) is 24.3 Å². The fourth-order valence-electron chi connectivity index (χ4n) is 4.70. The van der Waals surface area contributed by atoms with Crippen LogP contribution < -0.4 is 0 Å². The van der Waals surface area contributed by atoms with E-state index in [-0.39, 0.29) is 12.5 Å². The Kier molecular flexibility index (Phi) is 4.31. The molecule has 0 aliphatic carbocycles. The van der Waals surface area contributed by atoms with Crippen molar-refractivity contribution in [1.82, 2.24) is 9.47 Å². The average molecular weight is 398 g/mol. The van der Waals surface area contributed by atoms with E-state index in [2.05, 4.69) is 13.0 Å². The van der Waals surface area contributed by atoms with Gasteiger partial charge in [0.15, 0.2) is 0 Å². The minimum absolute atomic E-state index is 0.0203. The second kappa shape index (κ2) is 7.02. The molecule has 1 aliphatic heterocycles. The number of amides is 1. The van der Waals surface area contributed by atoms with E-state index in [0.717, 1.165) is 38.5 Å². The van der Waals surface area contributed by atoms with Crippen molar-refractivity contribution in [3.63, 3.8) is 0 Å². The van der Waals surface area contributed by atoms with Crippen molar-refractivity contribution in [2.24, 2.45) is 0 Å². The highest BCUT2D eigenvalue weighted by Gasteiger charge is 2.28. The molecule has 2 heterocycles. The number of carbonyl (C=O) groups excluding carboxylic acids is 1. The first kappa shape index (κ1) is 18.4. The zero-order valence-corrected chi connectivity index (χ0v) is 16.8. The molecular weight excluding hydrogens is 376 g/mol. The second-order valence-electron chi connectivity index (χ2n) is 7.87. The van der Waals surface area contributed by atoms with Crippen molar-refractivity contribution in [3.05, 3.63) is 83.0 Å². The maximum absolute atomic E-state index is 13.5. The first-order valence-corrected chi connectivity index (χ1v) is 10.1. The molecule has 5 rings (SSSR count). The van der Waals surface area contributed by atoms with E-state index in [1.807, 2.05) is 64.1 Å². The molecule has 1 aromatic heterocycles. The summed E-state index contributed by atoms with van der Waals surface area (Å²) in [4.78, 5) is 26.8. The lowest BCUT2D eigenvalue weighted by molar-refractivity contribution is -0.137. The van der Waals surface area contributed by atoms with Crippen molar-refractivity contribution in [3.8, 4) is 0 Å². The fourth-order valence-corrected chi connectivity index (χ4v) is 4.70. The molecule has 5 heteroatoms. The van der Waals surface area contributed by atoms with E-state index >= 15 is 0 Å². The SMILES string of the molecule is Cc1ccc(C(=O)N2CCc3c(c4ccccc4n3CC(=O)O)C2)c2ccccc12. The Labute approximate surface area is 174 Å². The molecule has 0 fully saturated rings. The Morgan fingerprint density at radius 3 is 2.40 bits per heavy atom. The third kappa shape index (κ3) is 2.86. The molecule has 1 N–H and O–H groups in total. The summed E-state index contributed by atoms with van der Waals surface area (Å²) in [5.74, 6) is -0.838. The number of rotatable bonds is 3. The Balaban J connectivity index is 1.56. The highest BCUT2D eigenvalue weighted by Crippen LogP contribution is 2.32. The zero-order valence-electron chi connectivity index (χ0n) is 16.8. The fraction of sp³-hybridized carbons (Fsp3) is 0.200. The molecule has 0 saturated carbocycles. The van der Waals surface area contributed by atoms with Gasteiger partial charge in [-0.3, -0.25) is 9.59 Å². The number of aliphatic carboxylic acids is 1. The van der Waals surface area contributed by atoms with Crippen LogP contribution in [0.1, 0.15) is 27.2 Å². The number of benzene rings is 3. The van der Waals surface area contributed by atoms with Gasteiger partial charge >= 0.3 is 5.97 Å². The Morgan fingerprint density at radius 2 is 1.63 bits per heavy atom. The van der Waals surface area contributed by atoms with Crippen LogP contribution in [-0.4, -0.2) is 33.0 Å². The maximum Gasteiger partial charge on any atom is 0.323 e. The van der Waals surface area contributed by atoms with E-state index in [4.69, 9.17) is 0 Å². The summed E-state index contributed by atoms with van der Waals surface area (Å²) >= 11 is 0. The van der Waals surface area contributed by atoms with Gasteiger partial charge < -0.3 is 14.6 Å². The van der Waals surface area contributed by atoms with E-state index in [1.54, 1.807) is 0 Å². The number of hydrogen-bond acceptors (Lipinski definition) is 2. The summed E-state index contributed by atoms with van der Waals surface area (Å²) in [5, 5.41) is 12.5. The van der Waals surface area contributed by atoms with Gasteiger partial charge in [0.05, 0.1) is 0 Å². The molecule has 0 radical (unpaired) electrons. The molecule has 0 spiro atoms. The lowest BCUT2D eigenvalue weighted by Crippen LogP contribution is -2.36. The van der Waals surface area contributed by atoms with Crippen LogP contribution in [0.5, 0.6) is 0 Å². The zero-order chi connectivity index (χ0) is 20.8. The molecule has 150 valence electrons. The van der Waals surface area contributed by atoms with Gasteiger partial charge in [-0.25, -0.2) is 0 Å². The van der Waals surface area contributed by atoms with Gasteiger partial charge in [0.2, 0.25) is 0 Å². The van der Waals surface area contributed by atoms with Crippen LogP contribution in [0, 0.1) is 6.92 Å². The molecule has 0 bridgehead atoms. The van der Waals surface area contributed by atoms with Crippen LogP contribution in [0.3, 0.4) is 0 Å². The van der Waals surface area contributed by atoms with Crippen molar-refractivity contribution >= 4 is 33.6 Å². The van der Waals surface area contributed by atoms with Crippen LogP contribution in [0.25, 0.3) is 21.7 Å². The summed E-state index contributed by atoms with van der Waals surface area (Å²) < 4.78 is 1.89. The Hall–Kier alpha value is -3.60. The summed E-state index contributed by atoms with van der Waals surface area (Å²) in [7, 11) is 0. The molecule has 4 aromatic rings. The van der Waals surface area contributed by atoms with Crippen LogP contribution >= 0.6 is 0 Å². The minimum atomic E-state index is -0.858. The van der Waals surface area contributed by atoms with Gasteiger partial charge in [0.1, 0.15) is 6.54 Å². The summed E-state index contributed by atoms with van der Waals surface area (Å²) in [6, 6.07) is 19.8. The molecule has 0 saturated heterocycles. The van der Waals surface area contributed by atoms with E-state index in [9.17, 15) is 14.7 Å². The third-order valence-electron chi connectivity index (χ3n) is 6.11. The van der Waals surface area contributed by atoms with Crippen molar-refractivity contribution in [2.45, 2.75) is 26.4 Å². The predicted molar refractivity (Wildman–Crippen MR) is 117 cm³/mol. The van der Waals surface area contributed by atoms with Gasteiger partial charge in [-0.2, -0.15) is 0 Å². The number of carboxylic acids is 1. The molecule has 1 amide bonds. The highest BCUT2D eigenvalue weighted by molar-refractivity contribution is 6.08. The lowest BCUT2D eigenvalue weighted by atomic mass is 9.98. The molecule has 30 heavy (non-hydrogen) atoms. The third-order valence-corrected chi connectivity index (χ3v) is 6.11. The van der Waals surface area contributed by atoms with Crippen LogP contribution in [0.4, 0.5) is 0 Å². The smallest absolute Gasteiger partial charge is 0.323 e. The van der Waals surface area contributed by atoms with Gasteiger partial charge in [0.25, 0.3) is 5.91 Å². The quantitative estimate of drug-likeness (QED) is 0.557. The van der Waals surface area contributed by atoms with E-state index in [1.165, 1.54) is 0 Å². The number of hydrogen-bond donors (Lipinski definition) is 1. The summed E-state index contributed by atoms with van der Waals surface area (Å²) in [6.45, 7) is 3.06. The maximum atomic E-state index is 13.5. The van der Waals surface area contributed by atoms with Gasteiger partial charge in [-0.15, -0.1) is 0 Å². The first-order valence-electron chi connectivity index (χ1n) is 10.1. The van der Waals surface area contributed by atoms with Gasteiger partial charge in [0, 0.05) is 47.2 Å². The first-order chi connectivity index (χ1) is 14.5. The number of fused-ring (bicyclic) bond motifs is 4. The molecule has 3 aromatic carbocycles. The summed E-state index contributed by atoms with van der Waals surface area (Å²) in [6.07, 6.45) is 0.646. The standard InChI is InChI=1S/C25H22N2O3/c1-16-10-11-20(18-7-3-2-6-17(16)18)25(30)26-13-12-23-21(14-26)19-8-4-5-9-22(19)27(23)15-24(28)29/h2-11H,12-15H2,1H3,(H,28,29). The largest absolute Gasteiger partial charge is 0.480 e. The predicted octanol–water partition coefficient (Wildman–Crippen LogP) is 4.39. The number of carboxylic acid groups (broad SMARTS) is 1. The van der Waals surface area contributed by atoms with Gasteiger partial charge in [-0.1, -0.05) is 48.5 Å². The minimum Gasteiger partial charge on any atom is -0.480 e. The molecule has 0 atom stereocenters. The number of para-hydroxylation sites is 1. The van der Waals surface area contributed by atoms with Crippen molar-refractivity contribution < 1.29 is 14.7 Å². The van der Waals surface area contributed by atoms with Crippen LogP contribution in [0.15, 0.2) is 60.7 Å². The van der Waals surface area contributed by atoms with Crippen LogP contribution in [0.2, 0.25) is 0 Å². The normalized spacial score (nSPS) is 13.6. The Morgan fingerprint density at radius 1 is 0.933 bits per heavy atom. The second-order valence-corrected chi connectivity index (χ2v) is 7.87. The average Bonchev–Trinajstić information content (AvgIpc) is 3.06. The lowest BCUT2D eigenvalue weighted by Gasteiger charge is -2.29. The highest BCUT2D eigenvalue weighted by atomic mass is 16.4. The van der Waals surface area contributed by atoms with Crippen molar-refractivity contribution in [1.29, 1.82) is 0 Å². The van der Waals surface area contributed by atoms with Crippen molar-refractivity contribution in [2.75, 3.05) is 6.54 Å². The monoisotopic (exact) mass is 398 g/mol. The summed E-state index contributed by atoms with van der Waals surface area (Å²) in [5.41, 5.74) is 4.87. The number of carbonyl (C=O) groups is 2. The number of aromatic nitrogens is 1. The molecule has 5 nitrogen and oxygen atoms in total. The van der Waals surface area contributed by atoms with E-state index in [0.29, 0.717) is 25.1 Å².